The highest BCUT2D eigenvalue weighted by atomic mass is 16.5. The van der Waals surface area contributed by atoms with Crippen molar-refractivity contribution in [2.75, 3.05) is 6.61 Å². The highest BCUT2D eigenvalue weighted by molar-refractivity contribution is 5.17. The standard InChI is InChI=1S/C17H27NO/c1-16-7-12-6-13(8-16)10-17(9-12,11-16)15(18)14-4-2-3-5-19-14/h4,12-13,15H,2-3,5-11,18H2,1H3. The van der Waals surface area contributed by atoms with Crippen LogP contribution in [0.3, 0.4) is 0 Å². The van der Waals surface area contributed by atoms with Gasteiger partial charge in [-0.25, -0.2) is 0 Å². The molecule has 0 amide bonds. The topological polar surface area (TPSA) is 35.2 Å². The maximum Gasteiger partial charge on any atom is 0.109 e. The van der Waals surface area contributed by atoms with Crippen LogP contribution in [-0.2, 0) is 4.74 Å². The molecule has 2 nitrogen and oxygen atoms in total. The van der Waals surface area contributed by atoms with E-state index in [4.69, 9.17) is 10.5 Å². The van der Waals surface area contributed by atoms with Crippen LogP contribution in [0.2, 0.25) is 0 Å². The van der Waals surface area contributed by atoms with Crippen LogP contribution in [0, 0.1) is 22.7 Å². The van der Waals surface area contributed by atoms with E-state index in [1.807, 2.05) is 0 Å². The molecule has 3 atom stereocenters. The Balaban J connectivity index is 1.64. The second-order valence-electron chi connectivity index (χ2n) is 8.21. The average molecular weight is 261 g/mol. The van der Waals surface area contributed by atoms with E-state index in [2.05, 4.69) is 13.0 Å². The Labute approximate surface area is 116 Å². The summed E-state index contributed by atoms with van der Waals surface area (Å²) in [7, 11) is 0. The molecular weight excluding hydrogens is 234 g/mol. The van der Waals surface area contributed by atoms with Crippen molar-refractivity contribution in [3.63, 3.8) is 0 Å². The zero-order valence-electron chi connectivity index (χ0n) is 12.2. The molecule has 5 rings (SSSR count). The van der Waals surface area contributed by atoms with Gasteiger partial charge in [0.2, 0.25) is 0 Å². The van der Waals surface area contributed by atoms with Gasteiger partial charge in [-0.2, -0.15) is 0 Å². The van der Waals surface area contributed by atoms with E-state index in [1.165, 1.54) is 38.5 Å². The number of allylic oxidation sites excluding steroid dienone is 1. The molecular formula is C17H27NO. The van der Waals surface area contributed by atoms with Crippen LogP contribution < -0.4 is 5.73 Å². The minimum Gasteiger partial charge on any atom is -0.497 e. The molecule has 2 N–H and O–H groups in total. The molecule has 0 spiro atoms. The van der Waals surface area contributed by atoms with E-state index in [-0.39, 0.29) is 6.04 Å². The van der Waals surface area contributed by atoms with Gasteiger partial charge in [-0.15, -0.1) is 0 Å². The fourth-order valence-electron chi connectivity index (χ4n) is 6.26. The molecule has 0 saturated heterocycles. The van der Waals surface area contributed by atoms with Gasteiger partial charge in [0.15, 0.2) is 0 Å². The Hall–Kier alpha value is -0.500. The van der Waals surface area contributed by atoms with Gasteiger partial charge in [0.1, 0.15) is 5.76 Å². The largest absolute Gasteiger partial charge is 0.497 e. The maximum atomic E-state index is 6.71. The molecule has 0 radical (unpaired) electrons. The first-order valence-corrected chi connectivity index (χ1v) is 8.17. The predicted octanol–water partition coefficient (Wildman–Crippen LogP) is 3.61. The van der Waals surface area contributed by atoms with Gasteiger partial charge in [-0.3, -0.25) is 0 Å². The zero-order chi connectivity index (χ0) is 13.1. The lowest BCUT2D eigenvalue weighted by Gasteiger charge is -2.63. The van der Waals surface area contributed by atoms with Crippen LogP contribution in [0.15, 0.2) is 11.8 Å². The van der Waals surface area contributed by atoms with E-state index in [0.717, 1.165) is 37.0 Å². The summed E-state index contributed by atoms with van der Waals surface area (Å²) in [6.07, 6.45) is 13.0. The summed E-state index contributed by atoms with van der Waals surface area (Å²) in [6, 6.07) is 0.165. The summed E-state index contributed by atoms with van der Waals surface area (Å²) in [5.41, 5.74) is 7.66. The molecule has 0 aromatic carbocycles. The summed E-state index contributed by atoms with van der Waals surface area (Å²) in [4.78, 5) is 0. The Morgan fingerprint density at radius 1 is 1.26 bits per heavy atom. The summed E-state index contributed by atoms with van der Waals surface area (Å²) >= 11 is 0. The van der Waals surface area contributed by atoms with E-state index in [9.17, 15) is 0 Å². The molecule has 3 unspecified atom stereocenters. The van der Waals surface area contributed by atoms with Gasteiger partial charge in [0.05, 0.1) is 12.6 Å². The van der Waals surface area contributed by atoms with Gasteiger partial charge >= 0.3 is 0 Å². The number of rotatable bonds is 2. The summed E-state index contributed by atoms with van der Waals surface area (Å²) in [6.45, 7) is 3.39. The zero-order valence-corrected chi connectivity index (χ0v) is 12.2. The van der Waals surface area contributed by atoms with Crippen molar-refractivity contribution in [2.45, 2.75) is 64.3 Å². The second kappa shape index (κ2) is 4.00. The minimum absolute atomic E-state index is 0.165. The molecule has 106 valence electrons. The average Bonchev–Trinajstić information content (AvgIpc) is 2.36. The lowest BCUT2D eigenvalue weighted by Crippen LogP contribution is -2.58. The van der Waals surface area contributed by atoms with Crippen molar-refractivity contribution in [1.29, 1.82) is 0 Å². The van der Waals surface area contributed by atoms with Crippen molar-refractivity contribution in [3.05, 3.63) is 11.8 Å². The van der Waals surface area contributed by atoms with Crippen LogP contribution in [-0.4, -0.2) is 12.6 Å². The second-order valence-corrected chi connectivity index (χ2v) is 8.21. The summed E-state index contributed by atoms with van der Waals surface area (Å²) in [5.74, 6) is 3.01. The third-order valence-corrected chi connectivity index (χ3v) is 6.33. The van der Waals surface area contributed by atoms with Gasteiger partial charge in [-0.1, -0.05) is 6.92 Å². The van der Waals surface area contributed by atoms with E-state index in [1.54, 1.807) is 0 Å². The lowest BCUT2D eigenvalue weighted by molar-refractivity contribution is -0.113. The normalized spacial score (nSPS) is 49.7. The Morgan fingerprint density at radius 2 is 2.00 bits per heavy atom. The highest BCUT2D eigenvalue weighted by Gasteiger charge is 2.58. The molecule has 1 aliphatic heterocycles. The van der Waals surface area contributed by atoms with Crippen LogP contribution >= 0.6 is 0 Å². The first kappa shape index (κ1) is 12.3. The van der Waals surface area contributed by atoms with Gasteiger partial charge < -0.3 is 10.5 Å². The first-order valence-electron chi connectivity index (χ1n) is 8.17. The Bertz CT molecular complexity index is 399. The van der Waals surface area contributed by atoms with Crippen molar-refractivity contribution in [3.8, 4) is 0 Å². The van der Waals surface area contributed by atoms with Crippen LogP contribution in [0.25, 0.3) is 0 Å². The molecule has 2 heteroatoms. The van der Waals surface area contributed by atoms with Crippen molar-refractivity contribution >= 4 is 0 Å². The smallest absolute Gasteiger partial charge is 0.109 e. The molecule has 0 aromatic heterocycles. The summed E-state index contributed by atoms with van der Waals surface area (Å²) in [5, 5.41) is 0. The fraction of sp³-hybridized carbons (Fsp3) is 0.882. The Morgan fingerprint density at radius 3 is 2.58 bits per heavy atom. The number of hydrogen-bond acceptors (Lipinski definition) is 2. The number of ether oxygens (including phenoxy) is 1. The maximum absolute atomic E-state index is 6.71. The molecule has 4 bridgehead atoms. The van der Waals surface area contributed by atoms with E-state index < -0.39 is 0 Å². The monoisotopic (exact) mass is 261 g/mol. The molecule has 5 aliphatic rings. The fourth-order valence-corrected chi connectivity index (χ4v) is 6.26. The molecule has 19 heavy (non-hydrogen) atoms. The van der Waals surface area contributed by atoms with Gasteiger partial charge in [0, 0.05) is 0 Å². The van der Waals surface area contributed by atoms with Crippen LogP contribution in [0.5, 0.6) is 0 Å². The Kier molecular flexibility index (Phi) is 2.58. The van der Waals surface area contributed by atoms with Gasteiger partial charge in [0.25, 0.3) is 0 Å². The number of hydrogen-bond donors (Lipinski definition) is 1. The molecule has 4 aliphatic carbocycles. The molecule has 1 heterocycles. The minimum atomic E-state index is 0.165. The summed E-state index contributed by atoms with van der Waals surface area (Å²) < 4.78 is 5.90. The third-order valence-electron chi connectivity index (χ3n) is 6.33. The molecule has 4 fully saturated rings. The SMILES string of the molecule is CC12CC3CC(C1)CC(C(N)C1=CCCCO1)(C3)C2. The molecule has 4 saturated carbocycles. The molecule has 0 aromatic rings. The van der Waals surface area contributed by atoms with Crippen LogP contribution in [0.1, 0.15) is 58.3 Å². The van der Waals surface area contributed by atoms with Crippen molar-refractivity contribution < 1.29 is 4.74 Å². The van der Waals surface area contributed by atoms with Crippen molar-refractivity contribution in [1.82, 2.24) is 0 Å². The van der Waals surface area contributed by atoms with Crippen molar-refractivity contribution in [2.24, 2.45) is 28.4 Å². The highest BCUT2D eigenvalue weighted by Crippen LogP contribution is 2.66. The quantitative estimate of drug-likeness (QED) is 0.824. The predicted molar refractivity (Wildman–Crippen MR) is 76.5 cm³/mol. The van der Waals surface area contributed by atoms with Crippen LogP contribution in [0.4, 0.5) is 0 Å². The van der Waals surface area contributed by atoms with Gasteiger partial charge in [-0.05, 0) is 80.1 Å². The lowest BCUT2D eigenvalue weighted by atomic mass is 9.43. The van der Waals surface area contributed by atoms with E-state index >= 15 is 0 Å². The first-order chi connectivity index (χ1) is 9.09. The third kappa shape index (κ3) is 1.86. The number of nitrogens with two attached hydrogens (primary N) is 1. The van der Waals surface area contributed by atoms with E-state index in [0.29, 0.717) is 10.8 Å².